The zero-order chi connectivity index (χ0) is 17.9. The fourth-order valence-corrected chi connectivity index (χ4v) is 3.76. The van der Waals surface area contributed by atoms with Gasteiger partial charge in [0.2, 0.25) is 0 Å². The highest BCUT2D eigenvalue weighted by atomic mass is 32.2. The number of hydrogen-bond acceptors (Lipinski definition) is 5. The Hall–Kier alpha value is -2.54. The maximum absolute atomic E-state index is 12.5. The molecule has 1 aliphatic carbocycles. The number of rotatable bonds is 5. The number of benzene rings is 2. The van der Waals surface area contributed by atoms with Gasteiger partial charge in [0.1, 0.15) is 10.6 Å². The molecule has 0 saturated carbocycles. The quantitative estimate of drug-likeness (QED) is 0.824. The first kappa shape index (κ1) is 17.3. The third-order valence-corrected chi connectivity index (χ3v) is 5.16. The van der Waals surface area contributed by atoms with Gasteiger partial charge in [0.05, 0.1) is 6.61 Å². The highest BCUT2D eigenvalue weighted by Gasteiger charge is 2.20. The van der Waals surface area contributed by atoms with E-state index >= 15 is 0 Å². The van der Waals surface area contributed by atoms with Crippen molar-refractivity contribution in [2.75, 3.05) is 11.9 Å². The van der Waals surface area contributed by atoms with Gasteiger partial charge < -0.3 is 8.92 Å². The summed E-state index contributed by atoms with van der Waals surface area (Å²) in [6, 6.07) is 11.2. The predicted octanol–water partition coefficient (Wildman–Crippen LogP) is 3.51. The van der Waals surface area contributed by atoms with Crippen LogP contribution in [0.5, 0.6) is 5.75 Å². The Morgan fingerprint density at radius 2 is 1.92 bits per heavy atom. The second-order valence-electron chi connectivity index (χ2n) is 5.69. The highest BCUT2D eigenvalue weighted by Crippen LogP contribution is 2.27. The summed E-state index contributed by atoms with van der Waals surface area (Å²) in [5.74, 6) is 0.120. The first-order chi connectivity index (χ1) is 12.0. The highest BCUT2D eigenvalue weighted by molar-refractivity contribution is 7.87. The molecule has 0 aliphatic heterocycles. The monoisotopic (exact) mass is 361 g/mol. The topological polar surface area (TPSA) is 81.7 Å². The summed E-state index contributed by atoms with van der Waals surface area (Å²) in [6.07, 6.45) is 2.30. The molecule has 3 rings (SSSR count). The number of ether oxygens (including phenoxy) is 1. The minimum absolute atomic E-state index is 0.120. The molecule has 132 valence electrons. The Morgan fingerprint density at radius 1 is 1.12 bits per heavy atom. The maximum atomic E-state index is 12.5. The van der Waals surface area contributed by atoms with E-state index in [1.165, 1.54) is 17.7 Å². The Balaban J connectivity index is 1.78. The summed E-state index contributed by atoms with van der Waals surface area (Å²) in [6.45, 7) is 1.94. The number of hydrogen-bond donors (Lipinski definition) is 1. The van der Waals surface area contributed by atoms with Gasteiger partial charge in [0, 0.05) is 11.8 Å². The summed E-state index contributed by atoms with van der Waals surface area (Å²) < 4.78 is 35.0. The van der Waals surface area contributed by atoms with Gasteiger partial charge in [-0.25, -0.2) is 4.79 Å². The molecule has 0 radical (unpaired) electrons. The van der Waals surface area contributed by atoms with E-state index in [-0.39, 0.29) is 17.3 Å². The van der Waals surface area contributed by atoms with Gasteiger partial charge in [-0.15, -0.1) is 0 Å². The van der Waals surface area contributed by atoms with Gasteiger partial charge in [-0.1, -0.05) is 12.1 Å². The van der Waals surface area contributed by atoms with Crippen molar-refractivity contribution < 1.29 is 22.1 Å². The van der Waals surface area contributed by atoms with E-state index < -0.39 is 16.2 Å². The van der Waals surface area contributed by atoms with E-state index in [0.29, 0.717) is 5.69 Å². The first-order valence-corrected chi connectivity index (χ1v) is 9.49. The smallest absolute Gasteiger partial charge is 0.411 e. The molecule has 1 N–H and O–H groups in total. The number of aryl methyl sites for hydroxylation is 2. The van der Waals surface area contributed by atoms with Crippen molar-refractivity contribution in [2.45, 2.75) is 31.1 Å². The minimum Gasteiger partial charge on any atom is -0.450 e. The lowest BCUT2D eigenvalue weighted by Crippen LogP contribution is -2.14. The molecule has 25 heavy (non-hydrogen) atoms. The van der Waals surface area contributed by atoms with Gasteiger partial charge >= 0.3 is 16.2 Å². The van der Waals surface area contributed by atoms with E-state index in [4.69, 9.17) is 8.92 Å². The fourth-order valence-electron chi connectivity index (χ4n) is 2.79. The van der Waals surface area contributed by atoms with Crippen LogP contribution < -0.4 is 9.50 Å². The van der Waals surface area contributed by atoms with Crippen LogP contribution >= 0.6 is 0 Å². The van der Waals surface area contributed by atoms with Crippen LogP contribution in [0.3, 0.4) is 0 Å². The Bertz CT molecular complexity index is 892. The zero-order valence-corrected chi connectivity index (χ0v) is 14.6. The molecule has 1 aliphatic rings. The fraction of sp³-hybridized carbons (Fsp3) is 0.278. The van der Waals surface area contributed by atoms with Crippen molar-refractivity contribution in [3.63, 3.8) is 0 Å². The number of carbonyl (C=O) groups is 1. The molecule has 0 heterocycles. The molecule has 0 atom stereocenters. The van der Waals surface area contributed by atoms with Crippen LogP contribution in [0.2, 0.25) is 0 Å². The summed E-state index contributed by atoms with van der Waals surface area (Å²) in [5.41, 5.74) is 2.64. The van der Waals surface area contributed by atoms with Crippen molar-refractivity contribution in [3.8, 4) is 5.75 Å². The summed E-state index contributed by atoms with van der Waals surface area (Å²) >= 11 is 0. The van der Waals surface area contributed by atoms with Crippen molar-refractivity contribution in [1.29, 1.82) is 0 Å². The largest absolute Gasteiger partial charge is 0.450 e. The van der Waals surface area contributed by atoms with Crippen molar-refractivity contribution in [2.24, 2.45) is 0 Å². The van der Waals surface area contributed by atoms with Crippen LogP contribution in [-0.4, -0.2) is 21.1 Å². The first-order valence-electron chi connectivity index (χ1n) is 8.08. The third kappa shape index (κ3) is 4.11. The lowest BCUT2D eigenvalue weighted by molar-refractivity contribution is 0.168. The second kappa shape index (κ2) is 7.14. The average Bonchev–Trinajstić information content (AvgIpc) is 3.02. The number of fused-ring (bicyclic) bond motifs is 1. The van der Waals surface area contributed by atoms with Gasteiger partial charge in [-0.2, -0.15) is 8.42 Å². The Labute approximate surface area is 146 Å². The van der Waals surface area contributed by atoms with Crippen LogP contribution in [0.15, 0.2) is 47.4 Å². The van der Waals surface area contributed by atoms with Gasteiger partial charge in [0.15, 0.2) is 0 Å². The van der Waals surface area contributed by atoms with E-state index in [1.807, 2.05) is 6.07 Å². The van der Waals surface area contributed by atoms with Crippen molar-refractivity contribution in [3.05, 3.63) is 53.6 Å². The molecule has 0 unspecified atom stereocenters. The van der Waals surface area contributed by atoms with Gasteiger partial charge in [-0.05, 0) is 61.6 Å². The molecular formula is C18H19NO5S. The van der Waals surface area contributed by atoms with Crippen LogP contribution in [0.1, 0.15) is 24.5 Å². The molecule has 0 bridgehead atoms. The SMILES string of the molecule is CCOC(=O)Nc1cccc(OS(=O)(=O)c2ccc3c(c2)CCC3)c1. The normalized spacial score (nSPS) is 13.2. The molecule has 0 saturated heterocycles. The van der Waals surface area contributed by atoms with E-state index in [9.17, 15) is 13.2 Å². The van der Waals surface area contributed by atoms with Crippen molar-refractivity contribution >= 4 is 21.9 Å². The minimum atomic E-state index is -3.93. The van der Waals surface area contributed by atoms with E-state index in [0.717, 1.165) is 24.8 Å². The van der Waals surface area contributed by atoms with Crippen LogP contribution in [0, 0.1) is 0 Å². The number of nitrogens with one attached hydrogen (secondary N) is 1. The molecule has 1 amide bonds. The standard InChI is InChI=1S/C18H19NO5S/c1-2-23-18(20)19-15-7-4-8-16(12-15)24-25(21,22)17-10-9-13-5-3-6-14(13)11-17/h4,7-12H,2-3,5-6H2,1H3,(H,19,20). The Morgan fingerprint density at radius 3 is 2.72 bits per heavy atom. The number of anilines is 1. The van der Waals surface area contributed by atoms with Gasteiger partial charge in [-0.3, -0.25) is 5.32 Å². The van der Waals surface area contributed by atoms with Crippen LogP contribution in [-0.2, 0) is 27.7 Å². The zero-order valence-electron chi connectivity index (χ0n) is 13.8. The lowest BCUT2D eigenvalue weighted by atomic mass is 10.1. The number of carbonyl (C=O) groups excluding carboxylic acids is 1. The molecule has 2 aromatic carbocycles. The predicted molar refractivity (Wildman–Crippen MR) is 93.4 cm³/mol. The van der Waals surface area contributed by atoms with Gasteiger partial charge in [0.25, 0.3) is 0 Å². The average molecular weight is 361 g/mol. The molecule has 0 aromatic heterocycles. The molecule has 6 nitrogen and oxygen atoms in total. The third-order valence-electron chi connectivity index (χ3n) is 3.92. The lowest BCUT2D eigenvalue weighted by Gasteiger charge is -2.10. The van der Waals surface area contributed by atoms with E-state index in [2.05, 4.69) is 5.32 Å². The maximum Gasteiger partial charge on any atom is 0.411 e. The number of amides is 1. The van der Waals surface area contributed by atoms with Crippen LogP contribution in [0.25, 0.3) is 0 Å². The summed E-state index contributed by atoms with van der Waals surface area (Å²) in [7, 11) is -3.93. The van der Waals surface area contributed by atoms with Crippen molar-refractivity contribution in [1.82, 2.24) is 0 Å². The molecule has 2 aromatic rings. The molecular weight excluding hydrogens is 342 g/mol. The second-order valence-corrected chi connectivity index (χ2v) is 7.24. The Kier molecular flexibility index (Phi) is 4.94. The molecule has 0 fully saturated rings. The summed E-state index contributed by atoms with van der Waals surface area (Å²) in [4.78, 5) is 11.6. The summed E-state index contributed by atoms with van der Waals surface area (Å²) in [5, 5.41) is 2.51. The molecule has 7 heteroatoms. The molecule has 0 spiro atoms. The van der Waals surface area contributed by atoms with E-state index in [1.54, 1.807) is 31.2 Å². The van der Waals surface area contributed by atoms with Crippen LogP contribution in [0.4, 0.5) is 10.5 Å².